The number of benzene rings is 1. The maximum Gasteiger partial charge on any atom is 0.326 e. The Labute approximate surface area is 509 Å². The van der Waals surface area contributed by atoms with Crippen molar-refractivity contribution in [2.24, 2.45) is 66.6 Å². The quantitative estimate of drug-likeness (QED) is 0.0164. The Morgan fingerprint density at radius 2 is 0.730 bits per heavy atom. The molecule has 0 spiro atoms. The van der Waals surface area contributed by atoms with Crippen LogP contribution in [0.1, 0.15) is 76.2 Å². The minimum Gasteiger partial charge on any atom is -0.508 e. The van der Waals surface area contributed by atoms with Crippen molar-refractivity contribution in [3.63, 3.8) is 0 Å². The van der Waals surface area contributed by atoms with Gasteiger partial charge >= 0.3 is 11.9 Å². The van der Waals surface area contributed by atoms with Gasteiger partial charge in [0.2, 0.25) is 59.1 Å². The predicted octanol–water partition coefficient (Wildman–Crippen LogP) is -11.7. The predicted molar refractivity (Wildman–Crippen MR) is 315 cm³/mol. The number of primary amides is 1. The summed E-state index contributed by atoms with van der Waals surface area (Å²) in [5.41, 5.74) is 49.3. The van der Waals surface area contributed by atoms with E-state index in [2.05, 4.69) is 57.5 Å². The molecule has 0 heterocycles. The van der Waals surface area contributed by atoms with E-state index in [-0.39, 0.29) is 93.8 Å². The second-order valence-electron chi connectivity index (χ2n) is 19.8. The van der Waals surface area contributed by atoms with Crippen LogP contribution in [-0.2, 0) is 64.0 Å². The minimum atomic E-state index is -2.01. The van der Waals surface area contributed by atoms with Gasteiger partial charge in [0.25, 0.3) is 0 Å². The van der Waals surface area contributed by atoms with Gasteiger partial charge in [-0.3, -0.25) is 67.7 Å². The molecular weight excluding hydrogens is 1180 g/mol. The highest BCUT2D eigenvalue weighted by Crippen LogP contribution is 2.13. The zero-order chi connectivity index (χ0) is 67.3. The zero-order valence-electron chi connectivity index (χ0n) is 48.6. The lowest BCUT2D eigenvalue weighted by atomic mass is 10.0. The van der Waals surface area contributed by atoms with E-state index in [1.54, 1.807) is 0 Å². The molecular formula is C50H85N21O18. The largest absolute Gasteiger partial charge is 0.508 e. The molecule has 1 aromatic carbocycles. The number of aliphatic hydroxyl groups excluding tert-OH is 3. The minimum absolute atomic E-state index is 0.0371. The highest BCUT2D eigenvalue weighted by molar-refractivity contribution is 5.99. The Hall–Kier alpha value is -9.73. The summed E-state index contributed by atoms with van der Waals surface area (Å²) >= 11 is 0. The van der Waals surface area contributed by atoms with Gasteiger partial charge in [-0.2, -0.15) is 0 Å². The molecule has 39 nitrogen and oxygen atoms in total. The van der Waals surface area contributed by atoms with Crippen molar-refractivity contribution in [3.8, 4) is 5.75 Å². The van der Waals surface area contributed by atoms with E-state index >= 15 is 0 Å². The summed E-state index contributed by atoms with van der Waals surface area (Å²) in [6.45, 7) is -3.52. The topological polar surface area (TPSA) is 706 Å². The number of guanidine groups is 3. The number of hydrogen-bond donors (Lipinski definition) is 24. The van der Waals surface area contributed by atoms with Crippen LogP contribution in [-0.4, -0.2) is 226 Å². The van der Waals surface area contributed by atoms with Crippen LogP contribution in [0.2, 0.25) is 0 Å². The number of rotatable bonds is 44. The number of carbonyl (C=O) groups is 12. The van der Waals surface area contributed by atoms with Crippen LogP contribution >= 0.6 is 0 Å². The monoisotopic (exact) mass is 1270 g/mol. The molecule has 89 heavy (non-hydrogen) atoms. The van der Waals surface area contributed by atoms with Gasteiger partial charge in [-0.05, 0) is 75.6 Å². The fourth-order valence-electron chi connectivity index (χ4n) is 7.86. The molecule has 0 aliphatic carbocycles. The summed E-state index contributed by atoms with van der Waals surface area (Å²) in [6.07, 6.45) is -2.16. The first kappa shape index (κ1) is 77.3. The van der Waals surface area contributed by atoms with Gasteiger partial charge in [0.05, 0.1) is 38.7 Å². The second kappa shape index (κ2) is 41.4. The van der Waals surface area contributed by atoms with E-state index in [1.165, 1.54) is 24.3 Å². The average Bonchev–Trinajstić information content (AvgIpc) is 2.13. The number of aliphatic imine (C=N–C) groups is 3. The first-order valence-corrected chi connectivity index (χ1v) is 27.7. The van der Waals surface area contributed by atoms with Gasteiger partial charge in [0, 0.05) is 26.1 Å². The molecule has 10 atom stereocenters. The van der Waals surface area contributed by atoms with E-state index in [9.17, 15) is 88.2 Å². The van der Waals surface area contributed by atoms with E-state index < -0.39 is 171 Å². The third-order valence-electron chi connectivity index (χ3n) is 12.5. The molecule has 33 N–H and O–H groups in total. The first-order chi connectivity index (χ1) is 42.0. The summed E-state index contributed by atoms with van der Waals surface area (Å²) in [5, 5.41) is 80.3. The zero-order valence-corrected chi connectivity index (χ0v) is 48.6. The molecule has 39 heteroatoms. The van der Waals surface area contributed by atoms with Gasteiger partial charge in [-0.25, -0.2) is 4.79 Å². The van der Waals surface area contributed by atoms with Crippen molar-refractivity contribution >= 4 is 88.9 Å². The number of nitrogens with one attached hydrogen (secondary N) is 9. The summed E-state index contributed by atoms with van der Waals surface area (Å²) in [6, 6.07) is -12.3. The third kappa shape index (κ3) is 31.5. The molecule has 1 rings (SSSR count). The van der Waals surface area contributed by atoms with Gasteiger partial charge < -0.3 is 130 Å². The van der Waals surface area contributed by atoms with Crippen LogP contribution in [0.3, 0.4) is 0 Å². The molecule has 1 aromatic rings. The summed E-state index contributed by atoms with van der Waals surface area (Å²) in [5.74, 6) is -16.2. The highest BCUT2D eigenvalue weighted by Gasteiger charge is 2.36. The molecule has 0 unspecified atom stereocenters. The normalized spacial score (nSPS) is 14.2. The fraction of sp³-hybridized carbons (Fsp3) is 0.580. The molecule has 0 aromatic heterocycles. The van der Waals surface area contributed by atoms with Crippen molar-refractivity contribution in [3.05, 3.63) is 29.8 Å². The molecule has 0 aliphatic rings. The SMILES string of the molecule is NCCCC[C@H](N)C(=O)N[C@@H](CC(N)=O)C(=O)N[C@@H](CO)C(=O)N[C@@H](CCCN=C(N)N)C(=O)N[C@@H](CCCN=C(N)N)C(=O)N[C@@H](CO)C(=O)N[C@@H](Cc1ccc(O)cc1)C(=O)N[C@@H](CO)C(=O)N[C@@H](CC(=O)O)C(=O)N[C@@H](CCCN=C(N)N)C(=O)O. The van der Waals surface area contributed by atoms with Gasteiger partial charge in [-0.1, -0.05) is 18.6 Å². The highest BCUT2D eigenvalue weighted by atomic mass is 16.4. The van der Waals surface area contributed by atoms with Gasteiger partial charge in [0.15, 0.2) is 17.9 Å². The number of unbranched alkanes of at least 4 members (excludes halogenated alkanes) is 1. The smallest absolute Gasteiger partial charge is 0.326 e. The molecule has 0 saturated carbocycles. The maximum atomic E-state index is 14.2. The lowest BCUT2D eigenvalue weighted by molar-refractivity contribution is -0.144. The molecule has 0 radical (unpaired) electrons. The van der Waals surface area contributed by atoms with Crippen LogP contribution in [0.25, 0.3) is 0 Å². The number of nitrogens with zero attached hydrogens (tertiary/aromatic N) is 3. The van der Waals surface area contributed by atoms with Crippen LogP contribution in [0, 0.1) is 0 Å². The number of carboxylic acid groups (broad SMARTS) is 2. The summed E-state index contributed by atoms with van der Waals surface area (Å²) in [7, 11) is 0. The van der Waals surface area contributed by atoms with Crippen LogP contribution in [0.4, 0.5) is 0 Å². The lowest BCUT2D eigenvalue weighted by Crippen LogP contribution is -2.62. The number of phenolic OH excluding ortho intramolecular Hbond substituents is 1. The van der Waals surface area contributed by atoms with Crippen molar-refractivity contribution in [1.29, 1.82) is 0 Å². The Kier molecular flexibility index (Phi) is 35.9. The summed E-state index contributed by atoms with van der Waals surface area (Å²) in [4.78, 5) is 170. The maximum absolute atomic E-state index is 14.2. The number of carboxylic acids is 2. The molecule has 498 valence electrons. The molecule has 10 amide bonds. The number of phenols is 1. The van der Waals surface area contributed by atoms with Gasteiger partial charge in [0.1, 0.15) is 60.1 Å². The average molecular weight is 1270 g/mol. The van der Waals surface area contributed by atoms with E-state index in [0.717, 1.165) is 0 Å². The number of aliphatic carboxylic acids is 2. The summed E-state index contributed by atoms with van der Waals surface area (Å²) < 4.78 is 0. The number of aromatic hydroxyl groups is 1. The molecule has 0 saturated heterocycles. The van der Waals surface area contributed by atoms with E-state index in [4.69, 9.17) is 51.6 Å². The fourth-order valence-corrected chi connectivity index (χ4v) is 7.86. The van der Waals surface area contributed by atoms with Crippen LogP contribution in [0.5, 0.6) is 5.75 Å². The van der Waals surface area contributed by atoms with Crippen molar-refractivity contribution in [1.82, 2.24) is 47.9 Å². The number of amides is 10. The molecule has 0 bridgehead atoms. The standard InChI is InChI=1S/C50H85N21O18/c51-14-2-1-6-26(52)38(79)66-31(19-36(53)76)42(83)71-33(21-72)44(85)64-27(7-3-15-60-48(54)55)39(80)63-28(8-4-16-61-49(56)57)40(81)69-34(22-73)45(86)67-30(18-24-10-12-25(75)13-11-24)41(82)70-35(23-74)46(87)68-32(20-37(77)78)43(84)65-29(47(88)89)9-5-17-62-50(58)59/h10-13,26-35,72-75H,1-9,14-23,51-52H2,(H2,53,76)(H,63,80)(H,64,85)(H,65,84)(H,66,79)(H,67,86)(H,68,87)(H,69,81)(H,70,82)(H,71,83)(H,77,78)(H,88,89)(H4,54,55,60)(H4,56,57,61)(H4,58,59,62)/t26-,27-,28-,29-,30-,31-,32-,33-,34-,35-/m0/s1. The van der Waals surface area contributed by atoms with Crippen molar-refractivity contribution in [2.45, 2.75) is 137 Å². The Morgan fingerprint density at radius 1 is 0.404 bits per heavy atom. The first-order valence-electron chi connectivity index (χ1n) is 27.7. The van der Waals surface area contributed by atoms with Crippen LogP contribution < -0.4 is 99.5 Å². The van der Waals surface area contributed by atoms with Gasteiger partial charge in [-0.15, -0.1) is 0 Å². The third-order valence-corrected chi connectivity index (χ3v) is 12.5. The molecule has 0 fully saturated rings. The molecule has 0 aliphatic heterocycles. The van der Waals surface area contributed by atoms with E-state index in [1.807, 2.05) is 5.32 Å². The Bertz CT molecular complexity index is 2640. The Morgan fingerprint density at radius 3 is 1.10 bits per heavy atom. The second-order valence-corrected chi connectivity index (χ2v) is 19.8. The Balaban J connectivity index is 3.59. The van der Waals surface area contributed by atoms with Crippen molar-refractivity contribution in [2.75, 3.05) is 46.0 Å². The number of aliphatic hydroxyl groups is 3. The lowest BCUT2D eigenvalue weighted by Gasteiger charge is -2.27. The van der Waals surface area contributed by atoms with Crippen LogP contribution in [0.15, 0.2) is 39.2 Å². The number of nitrogens with two attached hydrogens (primary N) is 9. The van der Waals surface area contributed by atoms with Crippen molar-refractivity contribution < 1.29 is 88.2 Å². The number of carbonyl (C=O) groups excluding carboxylic acids is 10. The number of hydrogen-bond acceptors (Lipinski definition) is 21. The van der Waals surface area contributed by atoms with E-state index in [0.29, 0.717) is 19.4 Å².